The lowest BCUT2D eigenvalue weighted by molar-refractivity contribution is -0.123. The number of tetrazole rings is 1. The van der Waals surface area contributed by atoms with Crippen LogP contribution in [-0.2, 0) is 11.8 Å². The number of hydrogen-bond donors (Lipinski definition) is 1. The van der Waals surface area contributed by atoms with E-state index in [9.17, 15) is 4.79 Å². The number of rotatable bonds is 7. The number of aryl methyl sites for hydroxylation is 1. The average Bonchev–Trinajstić information content (AvgIpc) is 3.27. The van der Waals surface area contributed by atoms with Gasteiger partial charge in [-0.05, 0) is 55.4 Å². The first kappa shape index (κ1) is 17.3. The molecule has 8 nitrogen and oxygen atoms in total. The molecule has 2 heterocycles. The fourth-order valence-corrected chi connectivity index (χ4v) is 3.07. The number of carbonyl (C=O) groups excluding carboxylic acids is 1. The Bertz CT molecular complexity index is 699. The summed E-state index contributed by atoms with van der Waals surface area (Å²) in [6, 6.07) is 7.75. The van der Waals surface area contributed by atoms with Crippen molar-refractivity contribution >= 4 is 5.91 Å². The van der Waals surface area contributed by atoms with Gasteiger partial charge in [0, 0.05) is 18.2 Å². The Labute approximate surface area is 147 Å². The van der Waals surface area contributed by atoms with Crippen LogP contribution in [0.1, 0.15) is 19.8 Å². The zero-order valence-electron chi connectivity index (χ0n) is 14.7. The molecular weight excluding hydrogens is 320 g/mol. The van der Waals surface area contributed by atoms with E-state index < -0.39 is 0 Å². The van der Waals surface area contributed by atoms with Crippen molar-refractivity contribution in [2.45, 2.75) is 25.8 Å². The van der Waals surface area contributed by atoms with E-state index in [0.29, 0.717) is 24.2 Å². The summed E-state index contributed by atoms with van der Waals surface area (Å²) < 4.78 is 5.54. The predicted molar refractivity (Wildman–Crippen MR) is 93.0 cm³/mol. The summed E-state index contributed by atoms with van der Waals surface area (Å²) in [5.41, 5.74) is 0.853. The van der Waals surface area contributed by atoms with Gasteiger partial charge in [0.2, 0.25) is 5.82 Å². The summed E-state index contributed by atoms with van der Waals surface area (Å²) in [5, 5.41) is 14.9. The summed E-state index contributed by atoms with van der Waals surface area (Å²) in [6.45, 7) is 5.02. The molecule has 1 atom stereocenters. The Hall–Kier alpha value is -2.48. The van der Waals surface area contributed by atoms with E-state index in [1.54, 1.807) is 19.2 Å². The highest BCUT2D eigenvalue weighted by molar-refractivity contribution is 5.77. The molecule has 2 aromatic rings. The number of benzene rings is 1. The van der Waals surface area contributed by atoms with E-state index in [1.165, 1.54) is 11.2 Å². The van der Waals surface area contributed by atoms with Crippen LogP contribution in [0.2, 0.25) is 0 Å². The van der Waals surface area contributed by atoms with Gasteiger partial charge in [-0.25, -0.2) is 0 Å². The molecule has 1 fully saturated rings. The Morgan fingerprint density at radius 1 is 1.36 bits per heavy atom. The number of carbonyl (C=O) groups is 1. The third-order valence-electron chi connectivity index (χ3n) is 4.43. The number of amides is 1. The minimum absolute atomic E-state index is 0.0155. The van der Waals surface area contributed by atoms with Gasteiger partial charge < -0.3 is 10.1 Å². The molecule has 0 radical (unpaired) electrons. The van der Waals surface area contributed by atoms with Crippen LogP contribution in [-0.4, -0.2) is 63.3 Å². The van der Waals surface area contributed by atoms with E-state index in [4.69, 9.17) is 4.74 Å². The molecule has 1 amide bonds. The molecule has 1 aromatic carbocycles. The first-order valence-electron chi connectivity index (χ1n) is 8.63. The van der Waals surface area contributed by atoms with Gasteiger partial charge in [-0.3, -0.25) is 9.69 Å². The highest BCUT2D eigenvalue weighted by Crippen LogP contribution is 2.18. The van der Waals surface area contributed by atoms with Crippen molar-refractivity contribution in [2.24, 2.45) is 7.05 Å². The number of ether oxygens (including phenoxy) is 1. The second-order valence-corrected chi connectivity index (χ2v) is 6.14. The molecule has 1 unspecified atom stereocenters. The third-order valence-corrected chi connectivity index (χ3v) is 4.43. The first-order valence-corrected chi connectivity index (χ1v) is 8.63. The van der Waals surface area contributed by atoms with Crippen molar-refractivity contribution in [3.63, 3.8) is 0 Å². The van der Waals surface area contributed by atoms with Gasteiger partial charge in [-0.2, -0.15) is 4.80 Å². The lowest BCUT2D eigenvalue weighted by Gasteiger charge is -2.22. The second-order valence-electron chi connectivity index (χ2n) is 6.14. The number of nitrogens with zero attached hydrogens (tertiary/aromatic N) is 5. The largest absolute Gasteiger partial charge is 0.484 e. The van der Waals surface area contributed by atoms with Crippen LogP contribution >= 0.6 is 0 Å². The van der Waals surface area contributed by atoms with Gasteiger partial charge in [0.25, 0.3) is 5.91 Å². The summed E-state index contributed by atoms with van der Waals surface area (Å²) >= 11 is 0. The van der Waals surface area contributed by atoms with Crippen LogP contribution in [0.5, 0.6) is 5.75 Å². The van der Waals surface area contributed by atoms with Crippen molar-refractivity contribution in [1.82, 2.24) is 30.4 Å². The zero-order chi connectivity index (χ0) is 17.6. The molecule has 1 aliphatic rings. The molecule has 25 heavy (non-hydrogen) atoms. The lowest BCUT2D eigenvalue weighted by atomic mass is 10.2. The molecule has 3 rings (SSSR count). The molecular formula is C17H24N6O2. The lowest BCUT2D eigenvalue weighted by Crippen LogP contribution is -2.41. The number of likely N-dealkylation sites (tertiary alicyclic amines) is 1. The molecule has 0 bridgehead atoms. The molecule has 134 valence electrons. The zero-order valence-corrected chi connectivity index (χ0v) is 14.7. The van der Waals surface area contributed by atoms with Crippen molar-refractivity contribution < 1.29 is 9.53 Å². The molecule has 1 saturated heterocycles. The molecule has 1 N–H and O–H groups in total. The monoisotopic (exact) mass is 344 g/mol. The maximum atomic E-state index is 12.0. The highest BCUT2D eigenvalue weighted by Gasteiger charge is 2.23. The topological polar surface area (TPSA) is 85.2 Å². The smallest absolute Gasteiger partial charge is 0.257 e. The molecule has 8 heteroatoms. The van der Waals surface area contributed by atoms with Crippen molar-refractivity contribution in [3.8, 4) is 17.1 Å². The van der Waals surface area contributed by atoms with Crippen molar-refractivity contribution in [1.29, 1.82) is 0 Å². The summed E-state index contributed by atoms with van der Waals surface area (Å²) in [7, 11) is 1.72. The van der Waals surface area contributed by atoms with E-state index in [1.807, 2.05) is 12.1 Å². The van der Waals surface area contributed by atoms with Gasteiger partial charge in [-0.15, -0.1) is 10.2 Å². The van der Waals surface area contributed by atoms with E-state index in [-0.39, 0.29) is 12.5 Å². The summed E-state index contributed by atoms with van der Waals surface area (Å²) in [4.78, 5) is 15.8. The molecule has 0 saturated carbocycles. The standard InChI is InChI=1S/C17H24N6O2/c1-3-23-10-4-5-14(23)11-18-16(24)12-25-15-8-6-13(7-9-15)17-19-21-22(2)20-17/h6-9,14H,3-5,10-12H2,1-2H3,(H,18,24). The highest BCUT2D eigenvalue weighted by atomic mass is 16.5. The van der Waals surface area contributed by atoms with Crippen molar-refractivity contribution in [3.05, 3.63) is 24.3 Å². The van der Waals surface area contributed by atoms with Crippen LogP contribution in [0.4, 0.5) is 0 Å². The Kier molecular flexibility index (Phi) is 5.60. The number of likely N-dealkylation sites (N-methyl/N-ethyl adjacent to an activating group) is 1. The summed E-state index contributed by atoms with van der Waals surface area (Å²) in [6.07, 6.45) is 2.35. The van der Waals surface area contributed by atoms with Gasteiger partial charge in [0.1, 0.15) is 5.75 Å². The molecule has 1 aliphatic heterocycles. The van der Waals surface area contributed by atoms with Gasteiger partial charge in [0.15, 0.2) is 6.61 Å². The SMILES string of the molecule is CCN1CCCC1CNC(=O)COc1ccc(-c2nnn(C)n2)cc1. The predicted octanol–water partition coefficient (Wildman–Crippen LogP) is 0.856. The quantitative estimate of drug-likeness (QED) is 0.802. The summed E-state index contributed by atoms with van der Waals surface area (Å²) in [5.74, 6) is 1.10. The van der Waals surface area contributed by atoms with Crippen LogP contribution in [0, 0.1) is 0 Å². The number of hydrogen-bond acceptors (Lipinski definition) is 6. The van der Waals surface area contributed by atoms with Crippen molar-refractivity contribution in [2.75, 3.05) is 26.2 Å². The van der Waals surface area contributed by atoms with Crippen LogP contribution in [0.3, 0.4) is 0 Å². The van der Waals surface area contributed by atoms with Gasteiger partial charge in [0.05, 0.1) is 7.05 Å². The minimum atomic E-state index is -0.0948. The maximum absolute atomic E-state index is 12.0. The van der Waals surface area contributed by atoms with Crippen LogP contribution in [0.25, 0.3) is 11.4 Å². The molecule has 1 aromatic heterocycles. The Morgan fingerprint density at radius 2 is 2.16 bits per heavy atom. The van der Waals surface area contributed by atoms with Gasteiger partial charge in [-0.1, -0.05) is 6.92 Å². The second kappa shape index (κ2) is 8.06. The molecule has 0 aliphatic carbocycles. The Balaban J connectivity index is 1.44. The first-order chi connectivity index (χ1) is 12.2. The van der Waals surface area contributed by atoms with Crippen LogP contribution < -0.4 is 10.1 Å². The van der Waals surface area contributed by atoms with E-state index in [2.05, 4.69) is 32.6 Å². The number of nitrogens with one attached hydrogen (secondary N) is 1. The Morgan fingerprint density at radius 3 is 2.84 bits per heavy atom. The minimum Gasteiger partial charge on any atom is -0.484 e. The van der Waals surface area contributed by atoms with E-state index in [0.717, 1.165) is 25.1 Å². The van der Waals surface area contributed by atoms with E-state index >= 15 is 0 Å². The van der Waals surface area contributed by atoms with Gasteiger partial charge >= 0.3 is 0 Å². The molecule has 0 spiro atoms. The number of aromatic nitrogens is 4. The third kappa shape index (κ3) is 4.54. The normalized spacial score (nSPS) is 17.6. The maximum Gasteiger partial charge on any atom is 0.257 e. The fourth-order valence-electron chi connectivity index (χ4n) is 3.07. The van der Waals surface area contributed by atoms with Crippen LogP contribution in [0.15, 0.2) is 24.3 Å². The average molecular weight is 344 g/mol. The fraction of sp³-hybridized carbons (Fsp3) is 0.529.